The second kappa shape index (κ2) is 4.48. The first-order valence-corrected chi connectivity index (χ1v) is 5.66. The maximum atomic E-state index is 12.8. The summed E-state index contributed by atoms with van der Waals surface area (Å²) in [6, 6.07) is 6.77. The van der Waals surface area contributed by atoms with E-state index in [9.17, 15) is 13.2 Å². The average Bonchev–Trinajstić information content (AvgIpc) is 2.29. The minimum atomic E-state index is -4.25. The van der Waals surface area contributed by atoms with Gasteiger partial charge in [-0.05, 0) is 36.5 Å². The maximum Gasteiger partial charge on any atom is 0.416 e. The number of benzene rings is 1. The molecular weight excluding hydrogens is 213 g/mol. The van der Waals surface area contributed by atoms with Gasteiger partial charge in [0.25, 0.3) is 0 Å². The van der Waals surface area contributed by atoms with Gasteiger partial charge in [-0.1, -0.05) is 31.4 Å². The maximum absolute atomic E-state index is 12.8. The standard InChI is InChI=1S/C13H14F3/c14-13(15,16)12-9-5-4-8-11(12)10-6-2-1-3-7-10/h4,8-10H,1-3,6-7H2. The molecule has 0 saturated heterocycles. The summed E-state index contributed by atoms with van der Waals surface area (Å²) >= 11 is 0. The highest BCUT2D eigenvalue weighted by atomic mass is 19.4. The van der Waals surface area contributed by atoms with Crippen LogP contribution in [-0.4, -0.2) is 0 Å². The normalized spacial score (nSPS) is 18.7. The van der Waals surface area contributed by atoms with Gasteiger partial charge in [0, 0.05) is 0 Å². The zero-order valence-electron chi connectivity index (χ0n) is 8.98. The molecule has 2 rings (SSSR count). The van der Waals surface area contributed by atoms with Crippen LogP contribution < -0.4 is 0 Å². The minimum absolute atomic E-state index is 0.0833. The molecule has 0 atom stereocenters. The Morgan fingerprint density at radius 3 is 2.44 bits per heavy atom. The summed E-state index contributed by atoms with van der Waals surface area (Å²) in [4.78, 5) is 0. The fourth-order valence-electron chi connectivity index (χ4n) is 2.46. The van der Waals surface area contributed by atoms with Crippen LogP contribution in [0.15, 0.2) is 18.2 Å². The van der Waals surface area contributed by atoms with Crippen LogP contribution in [0.2, 0.25) is 0 Å². The van der Waals surface area contributed by atoms with Gasteiger partial charge < -0.3 is 0 Å². The molecule has 0 spiro atoms. The van der Waals surface area contributed by atoms with Gasteiger partial charge in [0.1, 0.15) is 0 Å². The number of hydrogen-bond acceptors (Lipinski definition) is 0. The molecule has 1 aliphatic rings. The minimum Gasteiger partial charge on any atom is -0.166 e. The Labute approximate surface area is 93.5 Å². The van der Waals surface area contributed by atoms with E-state index in [-0.39, 0.29) is 5.92 Å². The first-order chi connectivity index (χ1) is 7.59. The largest absolute Gasteiger partial charge is 0.416 e. The second-order valence-corrected chi connectivity index (χ2v) is 4.35. The Morgan fingerprint density at radius 1 is 1.12 bits per heavy atom. The molecule has 0 heterocycles. The smallest absolute Gasteiger partial charge is 0.166 e. The molecule has 1 radical (unpaired) electrons. The van der Waals surface area contributed by atoms with Crippen molar-refractivity contribution in [3.63, 3.8) is 0 Å². The van der Waals surface area contributed by atoms with E-state index in [1.165, 1.54) is 0 Å². The van der Waals surface area contributed by atoms with Gasteiger partial charge in [0.15, 0.2) is 0 Å². The van der Waals surface area contributed by atoms with Gasteiger partial charge in [0.2, 0.25) is 0 Å². The van der Waals surface area contributed by atoms with Gasteiger partial charge in [-0.25, -0.2) is 0 Å². The average molecular weight is 227 g/mol. The van der Waals surface area contributed by atoms with Crippen molar-refractivity contribution in [3.05, 3.63) is 35.4 Å². The molecule has 1 aliphatic carbocycles. The van der Waals surface area contributed by atoms with E-state index in [0.717, 1.165) is 38.2 Å². The second-order valence-electron chi connectivity index (χ2n) is 4.35. The van der Waals surface area contributed by atoms with Crippen molar-refractivity contribution in [2.45, 2.75) is 44.2 Å². The first-order valence-electron chi connectivity index (χ1n) is 5.66. The zero-order valence-corrected chi connectivity index (χ0v) is 8.98. The van der Waals surface area contributed by atoms with E-state index >= 15 is 0 Å². The summed E-state index contributed by atoms with van der Waals surface area (Å²) in [5.74, 6) is 0.0833. The lowest BCUT2D eigenvalue weighted by atomic mass is 9.82. The van der Waals surface area contributed by atoms with Crippen molar-refractivity contribution in [1.29, 1.82) is 0 Å². The number of halogens is 3. The molecule has 87 valence electrons. The lowest BCUT2D eigenvalue weighted by Gasteiger charge is -2.24. The van der Waals surface area contributed by atoms with Crippen LogP contribution in [0.25, 0.3) is 0 Å². The Balaban J connectivity index is 2.32. The summed E-state index contributed by atoms with van der Waals surface area (Å²) in [5.41, 5.74) is -0.0344. The van der Waals surface area contributed by atoms with Crippen LogP contribution in [0.1, 0.15) is 49.1 Å². The molecule has 1 aromatic rings. The molecule has 1 saturated carbocycles. The molecule has 0 N–H and O–H groups in total. The molecule has 16 heavy (non-hydrogen) atoms. The fourth-order valence-corrected chi connectivity index (χ4v) is 2.46. The third-order valence-corrected chi connectivity index (χ3v) is 3.25. The molecule has 0 bridgehead atoms. The molecule has 3 heteroatoms. The van der Waals surface area contributed by atoms with E-state index in [0.29, 0.717) is 5.56 Å². The van der Waals surface area contributed by atoms with Crippen molar-refractivity contribution in [3.8, 4) is 0 Å². The molecule has 1 aromatic carbocycles. The molecule has 0 aliphatic heterocycles. The molecule has 1 fully saturated rings. The van der Waals surface area contributed by atoms with E-state index in [1.54, 1.807) is 12.1 Å². The topological polar surface area (TPSA) is 0 Å². The van der Waals surface area contributed by atoms with Crippen molar-refractivity contribution in [1.82, 2.24) is 0 Å². The SMILES string of the molecule is FC(F)(F)c1c[c]ccc1C1CCCCC1. The monoisotopic (exact) mass is 227 g/mol. The summed E-state index contributed by atoms with van der Waals surface area (Å²) in [6.45, 7) is 0. The lowest BCUT2D eigenvalue weighted by molar-refractivity contribution is -0.138. The van der Waals surface area contributed by atoms with E-state index in [4.69, 9.17) is 0 Å². The Kier molecular flexibility index (Phi) is 3.22. The van der Waals surface area contributed by atoms with E-state index < -0.39 is 11.7 Å². The quantitative estimate of drug-likeness (QED) is 0.660. The molecule has 0 amide bonds. The van der Waals surface area contributed by atoms with Crippen molar-refractivity contribution in [2.24, 2.45) is 0 Å². The predicted octanol–water partition coefficient (Wildman–Crippen LogP) is 4.55. The molecule has 0 nitrogen and oxygen atoms in total. The van der Waals surface area contributed by atoms with Crippen molar-refractivity contribution < 1.29 is 13.2 Å². The van der Waals surface area contributed by atoms with Crippen LogP contribution in [0.4, 0.5) is 13.2 Å². The first kappa shape index (κ1) is 11.5. The van der Waals surface area contributed by atoms with Crippen LogP contribution in [0.5, 0.6) is 0 Å². The summed E-state index contributed by atoms with van der Waals surface area (Å²) < 4.78 is 38.4. The van der Waals surface area contributed by atoms with Gasteiger partial charge in [0.05, 0.1) is 5.56 Å². The van der Waals surface area contributed by atoms with Gasteiger partial charge in [-0.15, -0.1) is 0 Å². The summed E-state index contributed by atoms with van der Waals surface area (Å²) in [7, 11) is 0. The zero-order chi connectivity index (χ0) is 11.6. The fraction of sp³-hybridized carbons (Fsp3) is 0.538. The predicted molar refractivity (Wildman–Crippen MR) is 56.1 cm³/mol. The van der Waals surface area contributed by atoms with Crippen molar-refractivity contribution >= 4 is 0 Å². The number of hydrogen-bond donors (Lipinski definition) is 0. The highest BCUT2D eigenvalue weighted by Crippen LogP contribution is 2.40. The van der Waals surface area contributed by atoms with Crippen LogP contribution in [0, 0.1) is 6.07 Å². The lowest BCUT2D eigenvalue weighted by Crippen LogP contribution is -2.13. The summed E-state index contributed by atoms with van der Waals surface area (Å²) in [5, 5.41) is 0. The molecule has 0 unspecified atom stereocenters. The Bertz CT molecular complexity index is 348. The molecule has 0 aromatic heterocycles. The van der Waals surface area contributed by atoms with Crippen LogP contribution >= 0.6 is 0 Å². The van der Waals surface area contributed by atoms with Crippen LogP contribution in [0.3, 0.4) is 0 Å². The highest BCUT2D eigenvalue weighted by molar-refractivity contribution is 5.32. The Morgan fingerprint density at radius 2 is 1.81 bits per heavy atom. The Hall–Kier alpha value is -0.990. The van der Waals surface area contributed by atoms with E-state index in [1.807, 2.05) is 0 Å². The summed E-state index contributed by atoms with van der Waals surface area (Å²) in [6.07, 6.45) is 0.753. The third-order valence-electron chi connectivity index (χ3n) is 3.25. The van der Waals surface area contributed by atoms with Gasteiger partial charge in [-0.3, -0.25) is 0 Å². The van der Waals surface area contributed by atoms with E-state index in [2.05, 4.69) is 6.07 Å². The van der Waals surface area contributed by atoms with Crippen LogP contribution in [-0.2, 0) is 6.18 Å². The third kappa shape index (κ3) is 2.39. The number of alkyl halides is 3. The number of rotatable bonds is 1. The van der Waals surface area contributed by atoms with Gasteiger partial charge >= 0.3 is 6.18 Å². The highest BCUT2D eigenvalue weighted by Gasteiger charge is 2.35. The van der Waals surface area contributed by atoms with Gasteiger partial charge in [-0.2, -0.15) is 13.2 Å². The van der Waals surface area contributed by atoms with Crippen molar-refractivity contribution in [2.75, 3.05) is 0 Å². The molecular formula is C13H14F3.